The summed E-state index contributed by atoms with van der Waals surface area (Å²) in [5.41, 5.74) is 0. The second kappa shape index (κ2) is 4.66. The van der Waals surface area contributed by atoms with Crippen LogP contribution in [0.15, 0.2) is 0 Å². The molecule has 0 aliphatic rings. The molecular weight excluding hydrogens is 147 g/mol. The Morgan fingerprint density at radius 3 is 1.71 bits per heavy atom. The van der Waals surface area contributed by atoms with Crippen molar-refractivity contribution < 1.29 is 0 Å². The molecule has 2 heteroatoms. The SMILES string of the molecule is CC[N](CC)[GeH2][CH3]. The van der Waals surface area contributed by atoms with E-state index in [4.69, 9.17) is 0 Å². The zero-order valence-corrected chi connectivity index (χ0v) is 8.54. The van der Waals surface area contributed by atoms with E-state index in [-0.39, 0.29) is 15.7 Å². The third-order valence-electron chi connectivity index (χ3n) is 1.34. The normalized spacial score (nSPS) is 12.0. The van der Waals surface area contributed by atoms with E-state index in [1.165, 1.54) is 13.1 Å². The topological polar surface area (TPSA) is 3.24 Å². The van der Waals surface area contributed by atoms with Gasteiger partial charge in [0.2, 0.25) is 0 Å². The van der Waals surface area contributed by atoms with Crippen molar-refractivity contribution in [3.8, 4) is 0 Å². The molecule has 0 aromatic heterocycles. The molecule has 0 saturated heterocycles. The van der Waals surface area contributed by atoms with Gasteiger partial charge in [0, 0.05) is 0 Å². The van der Waals surface area contributed by atoms with Crippen molar-refractivity contribution in [3.63, 3.8) is 0 Å². The third-order valence-corrected chi connectivity index (χ3v) is 5.09. The quantitative estimate of drug-likeness (QED) is 0.544. The summed E-state index contributed by atoms with van der Waals surface area (Å²) in [7, 11) is 0. The van der Waals surface area contributed by atoms with E-state index in [1.807, 2.05) is 0 Å². The Hall–Kier alpha value is 0.503. The zero-order chi connectivity index (χ0) is 5.70. The first kappa shape index (κ1) is 7.50. The van der Waals surface area contributed by atoms with Crippen LogP contribution < -0.4 is 0 Å². The van der Waals surface area contributed by atoms with Gasteiger partial charge >= 0.3 is 52.2 Å². The molecule has 0 spiro atoms. The summed E-state index contributed by atoms with van der Waals surface area (Å²) < 4.78 is 2.56. The summed E-state index contributed by atoms with van der Waals surface area (Å²) >= 11 is -0.198. The van der Waals surface area contributed by atoms with Gasteiger partial charge in [-0.15, -0.1) is 0 Å². The molecule has 0 aliphatic carbocycles. The van der Waals surface area contributed by atoms with Crippen LogP contribution in [0.2, 0.25) is 5.76 Å². The third kappa shape index (κ3) is 3.12. The first-order valence-electron chi connectivity index (χ1n) is 3.07. The summed E-state index contributed by atoms with van der Waals surface area (Å²) in [5, 5.41) is 0. The molecule has 0 radical (unpaired) electrons. The van der Waals surface area contributed by atoms with Crippen LogP contribution in [0.3, 0.4) is 0 Å². The first-order valence-corrected chi connectivity index (χ1v) is 7.36. The number of hydrogen-bond donors (Lipinski definition) is 0. The molecule has 0 rings (SSSR count). The van der Waals surface area contributed by atoms with Crippen molar-refractivity contribution in [2.45, 2.75) is 19.6 Å². The Balaban J connectivity index is 2.99. The van der Waals surface area contributed by atoms with Crippen molar-refractivity contribution in [2.75, 3.05) is 13.1 Å². The monoisotopic (exact) mass is 163 g/mol. The minimum absolute atomic E-state index is 0.198. The second-order valence-corrected chi connectivity index (χ2v) is 4.82. The predicted octanol–water partition coefficient (Wildman–Crippen LogP) is 0.460. The van der Waals surface area contributed by atoms with E-state index < -0.39 is 0 Å². The average Bonchev–Trinajstić information content (AvgIpc) is 1.72. The Morgan fingerprint density at radius 2 is 1.71 bits per heavy atom. The molecule has 0 amide bonds. The van der Waals surface area contributed by atoms with Crippen molar-refractivity contribution in [2.24, 2.45) is 0 Å². The summed E-state index contributed by atoms with van der Waals surface area (Å²) in [4.78, 5) is 0. The molecule has 0 N–H and O–H groups in total. The molecule has 0 heterocycles. The number of nitrogens with zero attached hydrogens (tertiary/aromatic N) is 1. The van der Waals surface area contributed by atoms with E-state index in [1.54, 1.807) is 0 Å². The average molecular weight is 162 g/mol. The van der Waals surface area contributed by atoms with Gasteiger partial charge in [-0.05, 0) is 0 Å². The molecule has 44 valence electrons. The molecule has 0 aromatic rings. The molecule has 0 aromatic carbocycles. The van der Waals surface area contributed by atoms with Crippen molar-refractivity contribution in [1.82, 2.24) is 3.86 Å². The number of hydrogen-bond acceptors (Lipinski definition) is 1. The maximum absolute atomic E-state index is 2.56. The van der Waals surface area contributed by atoms with E-state index in [0.29, 0.717) is 0 Å². The van der Waals surface area contributed by atoms with E-state index in [0.717, 1.165) is 0 Å². The van der Waals surface area contributed by atoms with Crippen LogP contribution in [-0.2, 0) is 0 Å². The van der Waals surface area contributed by atoms with Crippen LogP contribution in [0.25, 0.3) is 0 Å². The molecule has 0 unspecified atom stereocenters. The molecule has 0 bridgehead atoms. The second-order valence-electron chi connectivity index (χ2n) is 1.62. The fraction of sp³-hybridized carbons (Fsp3) is 1.00. The molecule has 7 heavy (non-hydrogen) atoms. The van der Waals surface area contributed by atoms with Crippen LogP contribution in [0.5, 0.6) is 0 Å². The fourth-order valence-corrected chi connectivity index (χ4v) is 2.55. The maximum atomic E-state index is 2.56. The van der Waals surface area contributed by atoms with Gasteiger partial charge < -0.3 is 0 Å². The van der Waals surface area contributed by atoms with Crippen LogP contribution in [-0.4, -0.2) is 32.6 Å². The van der Waals surface area contributed by atoms with Gasteiger partial charge in [0.25, 0.3) is 0 Å². The molecular formula is C5H15GeN. The Bertz CT molecular complexity index is 29.6. The summed E-state index contributed by atoms with van der Waals surface area (Å²) in [6.45, 7) is 7.01. The van der Waals surface area contributed by atoms with Crippen LogP contribution in [0, 0.1) is 0 Å². The molecule has 0 aliphatic heterocycles. The first-order chi connectivity index (χ1) is 3.35. The van der Waals surface area contributed by atoms with Gasteiger partial charge in [0.05, 0.1) is 0 Å². The molecule has 0 saturated carbocycles. The van der Waals surface area contributed by atoms with Crippen molar-refractivity contribution >= 4 is 15.7 Å². The molecule has 0 fully saturated rings. The van der Waals surface area contributed by atoms with Gasteiger partial charge in [-0.1, -0.05) is 0 Å². The Morgan fingerprint density at radius 1 is 1.29 bits per heavy atom. The van der Waals surface area contributed by atoms with Crippen molar-refractivity contribution in [1.29, 1.82) is 0 Å². The van der Waals surface area contributed by atoms with Gasteiger partial charge in [-0.25, -0.2) is 0 Å². The van der Waals surface area contributed by atoms with E-state index >= 15 is 0 Å². The van der Waals surface area contributed by atoms with Gasteiger partial charge in [0.1, 0.15) is 0 Å². The Labute approximate surface area is 52.8 Å². The van der Waals surface area contributed by atoms with E-state index in [2.05, 4.69) is 23.5 Å². The minimum atomic E-state index is -0.198. The summed E-state index contributed by atoms with van der Waals surface area (Å²) in [6.07, 6.45) is 0. The van der Waals surface area contributed by atoms with E-state index in [9.17, 15) is 0 Å². The Kier molecular flexibility index (Phi) is 4.99. The van der Waals surface area contributed by atoms with Gasteiger partial charge in [-0.3, -0.25) is 0 Å². The number of rotatable bonds is 3. The fourth-order valence-electron chi connectivity index (χ4n) is 0.671. The summed E-state index contributed by atoms with van der Waals surface area (Å²) in [5.74, 6) is 2.38. The molecule has 0 atom stereocenters. The predicted molar refractivity (Wildman–Crippen MR) is 37.3 cm³/mol. The zero-order valence-electron chi connectivity index (χ0n) is 5.57. The summed E-state index contributed by atoms with van der Waals surface area (Å²) in [6, 6.07) is 0. The van der Waals surface area contributed by atoms with Crippen LogP contribution >= 0.6 is 0 Å². The van der Waals surface area contributed by atoms with Crippen LogP contribution in [0.4, 0.5) is 0 Å². The molecule has 1 nitrogen and oxygen atoms in total. The van der Waals surface area contributed by atoms with Crippen LogP contribution in [0.1, 0.15) is 13.8 Å². The van der Waals surface area contributed by atoms with Crippen molar-refractivity contribution in [3.05, 3.63) is 0 Å². The standard InChI is InChI=1S/C5H15GeN/c1-4-7(5-2)6-3/h4-6H2,1-3H3. The van der Waals surface area contributed by atoms with Gasteiger partial charge in [0.15, 0.2) is 0 Å². The van der Waals surface area contributed by atoms with Gasteiger partial charge in [-0.2, -0.15) is 0 Å².